The molecule has 0 fully saturated rings. The zero-order valence-electron chi connectivity index (χ0n) is 7.36. The smallest absolute Gasteiger partial charge is 0.380 e. The van der Waals surface area contributed by atoms with E-state index in [9.17, 15) is 9.59 Å². The summed E-state index contributed by atoms with van der Waals surface area (Å²) in [5.41, 5.74) is 2.10. The molecule has 0 spiro atoms. The van der Waals surface area contributed by atoms with Crippen molar-refractivity contribution in [2.24, 2.45) is 0 Å². The van der Waals surface area contributed by atoms with Crippen LogP contribution in [-0.2, 0) is 9.53 Å². The molecule has 1 rings (SSSR count). The lowest BCUT2D eigenvalue weighted by atomic mass is 10.3. The van der Waals surface area contributed by atoms with Crippen molar-refractivity contribution in [2.45, 2.75) is 13.8 Å². The maximum absolute atomic E-state index is 11.3. The molecule has 4 nitrogen and oxygen atoms in total. The van der Waals surface area contributed by atoms with Crippen molar-refractivity contribution >= 4 is 23.1 Å². The highest BCUT2D eigenvalue weighted by atomic mass is 32.1. The van der Waals surface area contributed by atoms with Crippen molar-refractivity contribution < 1.29 is 14.3 Å². The molecular formula is C8H9NO3S. The molecule has 0 atom stereocenters. The van der Waals surface area contributed by atoms with Crippen molar-refractivity contribution in [1.82, 2.24) is 4.98 Å². The Balaban J connectivity index is 2.80. The number of ether oxygens (including phenoxy) is 1. The van der Waals surface area contributed by atoms with Gasteiger partial charge >= 0.3 is 5.97 Å². The first-order valence-corrected chi connectivity index (χ1v) is 4.66. The Morgan fingerprint density at radius 3 is 2.77 bits per heavy atom. The van der Waals surface area contributed by atoms with E-state index in [0.717, 1.165) is 11.3 Å². The van der Waals surface area contributed by atoms with Gasteiger partial charge in [-0.05, 0) is 13.8 Å². The van der Waals surface area contributed by atoms with Crippen LogP contribution in [0, 0.1) is 6.92 Å². The van der Waals surface area contributed by atoms with Crippen LogP contribution >= 0.6 is 11.3 Å². The van der Waals surface area contributed by atoms with Crippen LogP contribution < -0.4 is 0 Å². The Labute approximate surface area is 79.6 Å². The summed E-state index contributed by atoms with van der Waals surface area (Å²) in [4.78, 5) is 26.5. The van der Waals surface area contributed by atoms with Crippen LogP contribution in [0.2, 0.25) is 0 Å². The molecule has 1 aromatic heterocycles. The number of ketones is 1. The highest BCUT2D eigenvalue weighted by molar-refractivity contribution is 7.12. The lowest BCUT2D eigenvalue weighted by Crippen LogP contribution is -2.17. The summed E-state index contributed by atoms with van der Waals surface area (Å²) < 4.78 is 4.57. The van der Waals surface area contributed by atoms with Gasteiger partial charge in [0.15, 0.2) is 0 Å². The quantitative estimate of drug-likeness (QED) is 0.417. The first-order valence-electron chi connectivity index (χ1n) is 3.78. The van der Waals surface area contributed by atoms with E-state index in [2.05, 4.69) is 9.72 Å². The summed E-state index contributed by atoms with van der Waals surface area (Å²) in [5.74, 6) is -1.42. The van der Waals surface area contributed by atoms with Gasteiger partial charge in [-0.3, -0.25) is 4.79 Å². The molecule has 0 amide bonds. The summed E-state index contributed by atoms with van der Waals surface area (Å²) in [6.07, 6.45) is 0. The number of Topliss-reactive ketones (excluding diaryl/α,β-unsaturated/α-hetero) is 1. The van der Waals surface area contributed by atoms with Crippen molar-refractivity contribution in [3.63, 3.8) is 0 Å². The molecular weight excluding hydrogens is 190 g/mol. The normalized spacial score (nSPS) is 9.69. The molecule has 5 heteroatoms. The van der Waals surface area contributed by atoms with Gasteiger partial charge in [0.2, 0.25) is 0 Å². The molecule has 70 valence electrons. The average Bonchev–Trinajstić information content (AvgIpc) is 2.50. The van der Waals surface area contributed by atoms with Crippen LogP contribution in [-0.4, -0.2) is 23.3 Å². The van der Waals surface area contributed by atoms with Crippen LogP contribution in [0.4, 0.5) is 0 Å². The largest absolute Gasteiger partial charge is 0.460 e. The summed E-state index contributed by atoms with van der Waals surface area (Å²) in [7, 11) is 0. The van der Waals surface area contributed by atoms with Crippen molar-refractivity contribution in [1.29, 1.82) is 0 Å². The Bertz CT molecular complexity index is 332. The number of nitrogens with zero attached hydrogens (tertiary/aromatic N) is 1. The number of thiazole rings is 1. The second kappa shape index (κ2) is 4.13. The van der Waals surface area contributed by atoms with Crippen molar-refractivity contribution in [3.8, 4) is 0 Å². The van der Waals surface area contributed by atoms with E-state index in [1.807, 2.05) is 0 Å². The molecule has 0 bridgehead atoms. The molecule has 0 radical (unpaired) electrons. The van der Waals surface area contributed by atoms with E-state index in [4.69, 9.17) is 0 Å². The maximum atomic E-state index is 11.3. The van der Waals surface area contributed by atoms with E-state index in [1.165, 1.54) is 5.51 Å². The minimum Gasteiger partial charge on any atom is -0.460 e. The van der Waals surface area contributed by atoms with Gasteiger partial charge in [0.1, 0.15) is 4.88 Å². The summed E-state index contributed by atoms with van der Waals surface area (Å²) >= 11 is 1.15. The fourth-order valence-corrected chi connectivity index (χ4v) is 1.54. The Morgan fingerprint density at radius 2 is 2.31 bits per heavy atom. The van der Waals surface area contributed by atoms with Gasteiger partial charge in [-0.1, -0.05) is 0 Å². The summed E-state index contributed by atoms with van der Waals surface area (Å²) in [6.45, 7) is 3.55. The standard InChI is InChI=1S/C8H9NO3S/c1-3-12-8(11)6(10)7-5(2)9-4-13-7/h4H,3H2,1-2H3. The van der Waals surface area contributed by atoms with Crippen LogP contribution in [0.3, 0.4) is 0 Å². The molecule has 0 saturated heterocycles. The van der Waals surface area contributed by atoms with Crippen molar-refractivity contribution in [2.75, 3.05) is 6.61 Å². The number of aryl methyl sites for hydroxylation is 1. The third-order valence-electron chi connectivity index (χ3n) is 1.41. The number of esters is 1. The molecule has 0 saturated carbocycles. The molecule has 1 aromatic rings. The van der Waals surface area contributed by atoms with Gasteiger partial charge in [-0.2, -0.15) is 0 Å². The second-order valence-corrected chi connectivity index (χ2v) is 3.17. The molecule has 1 heterocycles. The number of hydrogen-bond donors (Lipinski definition) is 0. The Hall–Kier alpha value is -1.23. The van der Waals surface area contributed by atoms with Gasteiger partial charge in [0.05, 0.1) is 17.8 Å². The molecule has 0 aromatic carbocycles. The first-order chi connectivity index (χ1) is 6.16. The lowest BCUT2D eigenvalue weighted by Gasteiger charge is -1.98. The number of hydrogen-bond acceptors (Lipinski definition) is 5. The van der Waals surface area contributed by atoms with Gasteiger partial charge in [0.25, 0.3) is 5.78 Å². The number of rotatable bonds is 3. The predicted octanol–water partition coefficient (Wildman–Crippen LogP) is 1.20. The lowest BCUT2D eigenvalue weighted by molar-refractivity contribution is -0.137. The molecule has 0 aliphatic rings. The molecule has 0 unspecified atom stereocenters. The zero-order valence-corrected chi connectivity index (χ0v) is 8.18. The third-order valence-corrected chi connectivity index (χ3v) is 2.34. The monoisotopic (exact) mass is 199 g/mol. The topological polar surface area (TPSA) is 56.3 Å². The molecule has 0 N–H and O–H groups in total. The average molecular weight is 199 g/mol. The molecule has 0 aliphatic heterocycles. The van der Waals surface area contributed by atoms with Crippen LogP contribution in [0.15, 0.2) is 5.51 Å². The van der Waals surface area contributed by atoms with Gasteiger partial charge in [-0.25, -0.2) is 9.78 Å². The Kier molecular flexibility index (Phi) is 3.13. The van der Waals surface area contributed by atoms with E-state index in [0.29, 0.717) is 10.6 Å². The summed E-state index contributed by atoms with van der Waals surface area (Å²) in [5, 5.41) is 0. The summed E-state index contributed by atoms with van der Waals surface area (Å²) in [6, 6.07) is 0. The third kappa shape index (κ3) is 2.12. The zero-order chi connectivity index (χ0) is 9.84. The van der Waals surface area contributed by atoms with E-state index < -0.39 is 11.8 Å². The van der Waals surface area contributed by atoms with E-state index >= 15 is 0 Å². The minimum atomic E-state index is -0.810. The van der Waals surface area contributed by atoms with Gasteiger partial charge in [-0.15, -0.1) is 11.3 Å². The van der Waals surface area contributed by atoms with Gasteiger partial charge < -0.3 is 4.74 Å². The fraction of sp³-hybridized carbons (Fsp3) is 0.375. The highest BCUT2D eigenvalue weighted by Gasteiger charge is 2.21. The Morgan fingerprint density at radius 1 is 1.62 bits per heavy atom. The first kappa shape index (κ1) is 9.85. The number of carbonyl (C=O) groups is 2. The van der Waals surface area contributed by atoms with Crippen LogP contribution in [0.5, 0.6) is 0 Å². The minimum absolute atomic E-state index is 0.211. The number of carbonyl (C=O) groups excluding carboxylic acids is 2. The molecule has 13 heavy (non-hydrogen) atoms. The number of aromatic nitrogens is 1. The second-order valence-electron chi connectivity index (χ2n) is 2.32. The predicted molar refractivity (Wildman–Crippen MR) is 47.8 cm³/mol. The van der Waals surface area contributed by atoms with E-state index in [-0.39, 0.29) is 6.61 Å². The van der Waals surface area contributed by atoms with Crippen LogP contribution in [0.1, 0.15) is 22.3 Å². The van der Waals surface area contributed by atoms with E-state index in [1.54, 1.807) is 13.8 Å². The fourth-order valence-electron chi connectivity index (χ4n) is 0.809. The highest BCUT2D eigenvalue weighted by Crippen LogP contribution is 2.13. The van der Waals surface area contributed by atoms with Crippen molar-refractivity contribution in [3.05, 3.63) is 16.1 Å². The SMILES string of the molecule is CCOC(=O)C(=O)c1scnc1C. The molecule has 0 aliphatic carbocycles. The maximum Gasteiger partial charge on any atom is 0.380 e. The van der Waals surface area contributed by atoms with Gasteiger partial charge in [0, 0.05) is 0 Å². The van der Waals surface area contributed by atoms with Crippen LogP contribution in [0.25, 0.3) is 0 Å².